The van der Waals surface area contributed by atoms with E-state index in [-0.39, 0.29) is 24.4 Å². The lowest BCUT2D eigenvalue weighted by molar-refractivity contribution is -0.153. The summed E-state index contributed by atoms with van der Waals surface area (Å²) in [5, 5.41) is 13.3. The summed E-state index contributed by atoms with van der Waals surface area (Å²) in [7, 11) is 1.63. The SMILES string of the molecule is C1CC1.CC(C)C.CCC(C)(C(=O)O)C(=O)N(CCCCOC)c1cc(C(=O)N(C(C)C)C2CCCNC2)c(C)cc1C. The minimum absolute atomic E-state index is 0.0220. The van der Waals surface area contributed by atoms with Gasteiger partial charge in [0.25, 0.3) is 5.91 Å². The molecule has 246 valence electrons. The fourth-order valence-electron chi connectivity index (χ4n) is 4.93. The molecule has 0 aromatic heterocycles. The highest BCUT2D eigenvalue weighted by molar-refractivity contribution is 6.10. The Morgan fingerprint density at radius 2 is 1.63 bits per heavy atom. The van der Waals surface area contributed by atoms with Crippen LogP contribution in [0.4, 0.5) is 5.69 Å². The summed E-state index contributed by atoms with van der Waals surface area (Å²) in [5.74, 6) is -0.827. The number of methoxy groups -OCH3 is 1. The number of aryl methyl sites for hydroxylation is 2. The Labute approximate surface area is 261 Å². The third-order valence-corrected chi connectivity index (χ3v) is 7.75. The Morgan fingerprint density at radius 3 is 2.07 bits per heavy atom. The first-order valence-corrected chi connectivity index (χ1v) is 16.4. The first-order valence-electron chi connectivity index (χ1n) is 16.4. The van der Waals surface area contributed by atoms with Crippen LogP contribution in [-0.4, -0.2) is 73.2 Å². The average Bonchev–Trinajstić information content (AvgIpc) is 3.83. The van der Waals surface area contributed by atoms with E-state index < -0.39 is 17.3 Å². The maximum Gasteiger partial charge on any atom is 0.318 e. The highest BCUT2D eigenvalue weighted by Crippen LogP contribution is 2.33. The van der Waals surface area contributed by atoms with Crippen LogP contribution in [0.2, 0.25) is 0 Å². The Hall–Kier alpha value is -2.45. The third kappa shape index (κ3) is 12.2. The minimum Gasteiger partial charge on any atom is -0.480 e. The smallest absolute Gasteiger partial charge is 0.318 e. The van der Waals surface area contributed by atoms with Crippen LogP contribution in [0.25, 0.3) is 0 Å². The van der Waals surface area contributed by atoms with Gasteiger partial charge in [-0.15, -0.1) is 0 Å². The standard InChI is InChI=1S/C28H45N3O5.C4H10.C3H6/c1-8-28(6,27(34)35)26(33)30(14-9-10-15-36-7)24-17-23(20(4)16-21(24)5)25(32)31(19(2)3)22-12-11-13-29-18-22;1-4(2)3;1-2-3-1/h16-17,19,22,29H,8-15,18H2,1-7H3,(H,34,35);4H,1-3H3;1-3H2. The Balaban J connectivity index is 0.00000117. The fourth-order valence-corrected chi connectivity index (χ4v) is 4.93. The molecule has 2 amide bonds. The molecule has 2 atom stereocenters. The molecule has 2 aliphatic rings. The molecule has 0 bridgehead atoms. The van der Waals surface area contributed by atoms with Crippen molar-refractivity contribution >= 4 is 23.5 Å². The van der Waals surface area contributed by atoms with Gasteiger partial charge in [-0.25, -0.2) is 0 Å². The molecule has 0 spiro atoms. The van der Waals surface area contributed by atoms with Crippen molar-refractivity contribution in [3.05, 3.63) is 28.8 Å². The molecule has 1 aliphatic carbocycles. The van der Waals surface area contributed by atoms with Crippen LogP contribution in [0.15, 0.2) is 12.1 Å². The Kier molecular flexibility index (Phi) is 17.1. The lowest BCUT2D eigenvalue weighted by Crippen LogP contribution is -2.51. The van der Waals surface area contributed by atoms with Crippen molar-refractivity contribution in [3.63, 3.8) is 0 Å². The number of carbonyl (C=O) groups excluding carboxylic acids is 2. The van der Waals surface area contributed by atoms with Gasteiger partial charge in [0, 0.05) is 50.1 Å². The molecule has 1 aliphatic heterocycles. The average molecular weight is 604 g/mol. The van der Waals surface area contributed by atoms with Crippen LogP contribution in [-0.2, 0) is 14.3 Å². The van der Waals surface area contributed by atoms with Gasteiger partial charge in [0.1, 0.15) is 5.41 Å². The number of unbranched alkanes of at least 4 members (excludes halogenated alkanes) is 1. The Morgan fingerprint density at radius 1 is 1.02 bits per heavy atom. The van der Waals surface area contributed by atoms with Gasteiger partial charge >= 0.3 is 5.97 Å². The summed E-state index contributed by atoms with van der Waals surface area (Å²) in [6.45, 7) is 20.2. The van der Waals surface area contributed by atoms with E-state index in [1.54, 1.807) is 25.0 Å². The third-order valence-electron chi connectivity index (χ3n) is 7.75. The van der Waals surface area contributed by atoms with Crippen molar-refractivity contribution in [1.82, 2.24) is 10.2 Å². The normalized spacial score (nSPS) is 17.2. The largest absolute Gasteiger partial charge is 0.480 e. The first-order chi connectivity index (χ1) is 20.2. The highest BCUT2D eigenvalue weighted by atomic mass is 16.5. The van der Waals surface area contributed by atoms with E-state index >= 15 is 0 Å². The summed E-state index contributed by atoms with van der Waals surface area (Å²) < 4.78 is 5.16. The fraction of sp³-hybridized carbons (Fsp3) is 0.743. The molecule has 1 aromatic rings. The van der Waals surface area contributed by atoms with Crippen LogP contribution in [0.1, 0.15) is 121 Å². The molecule has 3 rings (SSSR count). The minimum atomic E-state index is -1.56. The summed E-state index contributed by atoms with van der Waals surface area (Å²) in [6, 6.07) is 3.86. The van der Waals surface area contributed by atoms with Crippen LogP contribution in [0, 0.1) is 25.2 Å². The zero-order valence-electron chi connectivity index (χ0n) is 28.8. The topological polar surface area (TPSA) is 99.2 Å². The second-order valence-electron chi connectivity index (χ2n) is 13.2. The number of anilines is 1. The number of rotatable bonds is 12. The van der Waals surface area contributed by atoms with Gasteiger partial charge in [-0.3, -0.25) is 14.4 Å². The number of amides is 2. The zero-order chi connectivity index (χ0) is 32.7. The molecule has 0 radical (unpaired) electrons. The number of hydrogen-bond donors (Lipinski definition) is 2. The van der Waals surface area contributed by atoms with Crippen molar-refractivity contribution in [2.45, 2.75) is 126 Å². The molecule has 43 heavy (non-hydrogen) atoms. The van der Waals surface area contributed by atoms with Crippen molar-refractivity contribution in [2.24, 2.45) is 11.3 Å². The Bertz CT molecular complexity index is 1010. The zero-order valence-corrected chi connectivity index (χ0v) is 28.8. The van der Waals surface area contributed by atoms with Crippen LogP contribution < -0.4 is 10.2 Å². The number of carboxylic acids is 1. The monoisotopic (exact) mass is 603 g/mol. The lowest BCUT2D eigenvalue weighted by Gasteiger charge is -2.38. The van der Waals surface area contributed by atoms with Crippen molar-refractivity contribution < 1.29 is 24.2 Å². The molecule has 8 heteroatoms. The number of hydrogen-bond acceptors (Lipinski definition) is 5. The van der Waals surface area contributed by atoms with E-state index in [9.17, 15) is 19.5 Å². The summed E-state index contributed by atoms with van der Waals surface area (Å²) in [4.78, 5) is 43.3. The molecule has 1 saturated heterocycles. The van der Waals surface area contributed by atoms with Gasteiger partial charge in [0.05, 0.1) is 0 Å². The molecule has 1 saturated carbocycles. The van der Waals surface area contributed by atoms with Crippen LogP contribution >= 0.6 is 0 Å². The number of carboxylic acid groups (broad SMARTS) is 1. The summed E-state index contributed by atoms with van der Waals surface area (Å²) in [5.41, 5.74) is 1.28. The highest BCUT2D eigenvalue weighted by Gasteiger charge is 2.43. The molecule has 1 aromatic carbocycles. The molecule has 2 unspecified atom stereocenters. The van der Waals surface area contributed by atoms with Crippen LogP contribution in [0.5, 0.6) is 0 Å². The van der Waals surface area contributed by atoms with Crippen molar-refractivity contribution in [3.8, 4) is 0 Å². The maximum atomic E-state index is 13.9. The van der Waals surface area contributed by atoms with Crippen molar-refractivity contribution in [2.75, 3.05) is 38.3 Å². The van der Waals surface area contributed by atoms with E-state index in [1.807, 2.05) is 38.7 Å². The van der Waals surface area contributed by atoms with Gasteiger partial charge in [0.15, 0.2) is 0 Å². The maximum absolute atomic E-state index is 13.9. The van der Waals surface area contributed by atoms with E-state index in [0.717, 1.165) is 49.4 Å². The number of aliphatic carboxylic acids is 1. The number of nitrogens with zero attached hydrogens (tertiary/aromatic N) is 2. The van der Waals surface area contributed by atoms with Gasteiger partial charge in [-0.1, -0.05) is 53.0 Å². The van der Waals surface area contributed by atoms with Gasteiger partial charge in [0.2, 0.25) is 5.91 Å². The predicted molar refractivity (Wildman–Crippen MR) is 177 cm³/mol. The second kappa shape index (κ2) is 19.0. The predicted octanol–water partition coefficient (Wildman–Crippen LogP) is 7.00. The van der Waals surface area contributed by atoms with Crippen LogP contribution in [0.3, 0.4) is 0 Å². The van der Waals surface area contributed by atoms with Gasteiger partial charge in [-0.05, 0) is 96.4 Å². The lowest BCUT2D eigenvalue weighted by atomic mass is 9.85. The number of benzene rings is 1. The van der Waals surface area contributed by atoms with E-state index in [4.69, 9.17) is 4.74 Å². The van der Waals surface area contributed by atoms with E-state index in [2.05, 4.69) is 26.1 Å². The van der Waals surface area contributed by atoms with E-state index in [0.29, 0.717) is 30.8 Å². The quantitative estimate of drug-likeness (QED) is 0.197. The van der Waals surface area contributed by atoms with Gasteiger partial charge in [-0.2, -0.15) is 0 Å². The molecular formula is C35H61N3O5. The van der Waals surface area contributed by atoms with E-state index in [1.165, 1.54) is 26.2 Å². The summed E-state index contributed by atoms with van der Waals surface area (Å²) >= 11 is 0. The first kappa shape index (κ1) is 38.6. The molecule has 8 nitrogen and oxygen atoms in total. The molecule has 2 N–H and O–H groups in total. The number of piperidine rings is 1. The molecular weight excluding hydrogens is 542 g/mol. The number of ether oxygens (including phenoxy) is 1. The molecule has 1 heterocycles. The number of carbonyl (C=O) groups is 3. The second-order valence-corrected chi connectivity index (χ2v) is 13.2. The molecule has 2 fully saturated rings. The van der Waals surface area contributed by atoms with Crippen molar-refractivity contribution in [1.29, 1.82) is 0 Å². The number of nitrogens with one attached hydrogen (secondary N) is 1. The van der Waals surface area contributed by atoms with Gasteiger partial charge < -0.3 is 25.0 Å². The summed E-state index contributed by atoms with van der Waals surface area (Å²) in [6.07, 6.45) is 8.03.